The van der Waals surface area contributed by atoms with Gasteiger partial charge in [0, 0.05) is 18.2 Å². The summed E-state index contributed by atoms with van der Waals surface area (Å²) in [7, 11) is 1.70. The molecule has 2 N–H and O–H groups in total. The molecule has 0 spiro atoms. The number of nitro groups is 1. The maximum atomic E-state index is 13.1. The molecule has 0 aliphatic heterocycles. The second-order valence-electron chi connectivity index (χ2n) is 6.98. The Morgan fingerprint density at radius 3 is 2.52 bits per heavy atom. The first-order valence-electron chi connectivity index (χ1n) is 9.14. The first-order chi connectivity index (χ1) is 13.8. The molecule has 152 valence electrons. The van der Waals surface area contributed by atoms with Crippen LogP contribution in [0.15, 0.2) is 48.5 Å². The van der Waals surface area contributed by atoms with Crippen molar-refractivity contribution in [2.75, 3.05) is 18.9 Å². The Balaban J connectivity index is 1.78. The van der Waals surface area contributed by atoms with E-state index >= 15 is 0 Å². The molecule has 2 amide bonds. The van der Waals surface area contributed by atoms with Crippen LogP contribution >= 0.6 is 11.6 Å². The van der Waals surface area contributed by atoms with Crippen molar-refractivity contribution in [3.63, 3.8) is 0 Å². The molecule has 8 nitrogen and oxygen atoms in total. The Morgan fingerprint density at radius 1 is 1.24 bits per heavy atom. The van der Waals surface area contributed by atoms with Crippen LogP contribution in [0.3, 0.4) is 0 Å². The summed E-state index contributed by atoms with van der Waals surface area (Å²) in [6.07, 6.45) is 1.97. The molecule has 2 aromatic carbocycles. The zero-order chi connectivity index (χ0) is 21.0. The minimum absolute atomic E-state index is 0.0531. The van der Waals surface area contributed by atoms with E-state index in [1.54, 1.807) is 24.1 Å². The molecule has 0 saturated heterocycles. The molecule has 0 aromatic heterocycles. The summed E-state index contributed by atoms with van der Waals surface area (Å²) >= 11 is 6.10. The zero-order valence-corrected chi connectivity index (χ0v) is 16.6. The number of hydrogen-bond acceptors (Lipinski definition) is 5. The van der Waals surface area contributed by atoms with Crippen LogP contribution in [0.4, 0.5) is 11.4 Å². The molecule has 1 aliphatic carbocycles. The van der Waals surface area contributed by atoms with Crippen LogP contribution in [0.5, 0.6) is 0 Å². The number of nitro benzene ring substituents is 1. The molecule has 0 bridgehead atoms. The van der Waals surface area contributed by atoms with E-state index in [0.29, 0.717) is 5.56 Å². The van der Waals surface area contributed by atoms with Gasteiger partial charge in [-0.3, -0.25) is 24.6 Å². The number of nitrogens with zero attached hydrogens (tertiary/aromatic N) is 2. The van der Waals surface area contributed by atoms with Crippen molar-refractivity contribution in [3.8, 4) is 0 Å². The minimum atomic E-state index is -0.743. The average Bonchev–Trinajstić information content (AvgIpc) is 3.48. The van der Waals surface area contributed by atoms with E-state index < -0.39 is 16.9 Å². The highest BCUT2D eigenvalue weighted by molar-refractivity contribution is 6.34. The summed E-state index contributed by atoms with van der Waals surface area (Å²) < 4.78 is 0. The van der Waals surface area contributed by atoms with Gasteiger partial charge in [0.05, 0.1) is 22.2 Å². The molecular weight excluding hydrogens is 396 g/mol. The van der Waals surface area contributed by atoms with E-state index in [1.807, 2.05) is 18.2 Å². The Morgan fingerprint density at radius 2 is 1.93 bits per heavy atom. The van der Waals surface area contributed by atoms with Gasteiger partial charge in [-0.25, -0.2) is 0 Å². The highest BCUT2D eigenvalue weighted by Crippen LogP contribution is 2.29. The Hall–Kier alpha value is -2.97. The number of carbonyl (C=O) groups is 2. The third kappa shape index (κ3) is 5.52. The van der Waals surface area contributed by atoms with Crippen LogP contribution in [0.1, 0.15) is 24.4 Å². The van der Waals surface area contributed by atoms with Gasteiger partial charge < -0.3 is 10.6 Å². The van der Waals surface area contributed by atoms with Crippen LogP contribution < -0.4 is 10.6 Å². The van der Waals surface area contributed by atoms with Gasteiger partial charge in [0.1, 0.15) is 6.04 Å². The lowest BCUT2D eigenvalue weighted by Crippen LogP contribution is -2.41. The lowest BCUT2D eigenvalue weighted by atomic mass is 10.0. The Kier molecular flexibility index (Phi) is 6.46. The van der Waals surface area contributed by atoms with Crippen molar-refractivity contribution in [2.24, 2.45) is 0 Å². The number of hydrogen-bond donors (Lipinski definition) is 2. The largest absolute Gasteiger partial charge is 0.352 e. The van der Waals surface area contributed by atoms with Crippen LogP contribution in [0.2, 0.25) is 5.02 Å². The second-order valence-corrected chi connectivity index (χ2v) is 7.39. The molecule has 29 heavy (non-hydrogen) atoms. The minimum Gasteiger partial charge on any atom is -0.352 e. The molecular formula is C20H21ClN4O4. The summed E-state index contributed by atoms with van der Waals surface area (Å²) in [4.78, 5) is 37.2. The molecule has 1 aliphatic rings. The Bertz CT molecular complexity index is 918. The van der Waals surface area contributed by atoms with Crippen molar-refractivity contribution in [1.29, 1.82) is 0 Å². The summed E-state index contributed by atoms with van der Waals surface area (Å²) in [5.74, 6) is -0.536. The fourth-order valence-corrected chi connectivity index (χ4v) is 3.20. The van der Waals surface area contributed by atoms with E-state index in [0.717, 1.165) is 12.8 Å². The number of halogens is 1. The van der Waals surface area contributed by atoms with Gasteiger partial charge in [-0.1, -0.05) is 41.9 Å². The summed E-state index contributed by atoms with van der Waals surface area (Å²) in [5.41, 5.74) is 0.810. The van der Waals surface area contributed by atoms with Gasteiger partial charge in [0.25, 0.3) is 5.69 Å². The smallest absolute Gasteiger partial charge is 0.271 e. The van der Waals surface area contributed by atoms with Crippen molar-refractivity contribution in [3.05, 3.63) is 69.2 Å². The lowest BCUT2D eigenvalue weighted by Gasteiger charge is -2.27. The standard InChI is InChI=1S/C20H21ClN4O4/c1-24(12-18(26)22-14-7-8-14)19(13-5-3-2-4-6-13)20(27)23-17-10-9-15(25(28)29)11-16(17)21/h2-6,9-11,14,19H,7-8,12H2,1H3,(H,22,26)(H,23,27)/t19-/m1/s1. The molecule has 1 fully saturated rings. The number of carbonyl (C=O) groups excluding carboxylic acids is 2. The highest BCUT2D eigenvalue weighted by Gasteiger charge is 2.29. The maximum Gasteiger partial charge on any atom is 0.271 e. The Labute approximate surface area is 173 Å². The quantitative estimate of drug-likeness (QED) is 0.508. The molecule has 1 atom stereocenters. The summed E-state index contributed by atoms with van der Waals surface area (Å²) in [6, 6.07) is 12.4. The predicted octanol–water partition coefficient (Wildman–Crippen LogP) is 3.14. The topological polar surface area (TPSA) is 105 Å². The van der Waals surface area contributed by atoms with Crippen molar-refractivity contribution < 1.29 is 14.5 Å². The first kappa shape index (κ1) is 20.8. The average molecular weight is 417 g/mol. The predicted molar refractivity (Wildman–Crippen MR) is 110 cm³/mol. The van der Waals surface area contributed by atoms with Gasteiger partial charge in [-0.15, -0.1) is 0 Å². The number of nitrogens with one attached hydrogen (secondary N) is 2. The van der Waals surface area contributed by atoms with E-state index in [9.17, 15) is 19.7 Å². The molecule has 9 heteroatoms. The number of benzene rings is 2. The fourth-order valence-electron chi connectivity index (χ4n) is 2.98. The van der Waals surface area contributed by atoms with Crippen molar-refractivity contribution in [1.82, 2.24) is 10.2 Å². The van der Waals surface area contributed by atoms with Gasteiger partial charge in [0.2, 0.25) is 11.8 Å². The molecule has 1 saturated carbocycles. The number of non-ortho nitro benzene ring substituents is 1. The van der Waals surface area contributed by atoms with Gasteiger partial charge >= 0.3 is 0 Å². The second kappa shape index (κ2) is 9.02. The van der Waals surface area contributed by atoms with E-state index in [1.165, 1.54) is 18.2 Å². The van der Waals surface area contributed by atoms with E-state index in [-0.39, 0.29) is 34.9 Å². The van der Waals surface area contributed by atoms with Crippen LogP contribution in [-0.4, -0.2) is 41.3 Å². The zero-order valence-electron chi connectivity index (χ0n) is 15.8. The first-order valence-corrected chi connectivity index (χ1v) is 9.52. The molecule has 2 aromatic rings. The number of amides is 2. The van der Waals surface area contributed by atoms with E-state index in [4.69, 9.17) is 11.6 Å². The van der Waals surface area contributed by atoms with Crippen molar-refractivity contribution >= 4 is 34.8 Å². The van der Waals surface area contributed by atoms with Crippen LogP contribution in [0, 0.1) is 10.1 Å². The summed E-state index contributed by atoms with van der Waals surface area (Å²) in [5, 5.41) is 16.6. The monoisotopic (exact) mass is 416 g/mol. The highest BCUT2D eigenvalue weighted by atomic mass is 35.5. The molecule has 0 heterocycles. The molecule has 0 radical (unpaired) electrons. The molecule has 0 unspecified atom stereocenters. The van der Waals surface area contributed by atoms with Gasteiger partial charge in [-0.05, 0) is 31.5 Å². The van der Waals surface area contributed by atoms with E-state index in [2.05, 4.69) is 10.6 Å². The summed E-state index contributed by atoms with van der Waals surface area (Å²) in [6.45, 7) is 0.0531. The normalized spacial score (nSPS) is 14.3. The third-order valence-electron chi connectivity index (χ3n) is 4.56. The number of likely N-dealkylation sites (N-methyl/N-ethyl adjacent to an activating group) is 1. The number of anilines is 1. The van der Waals surface area contributed by atoms with Crippen molar-refractivity contribution in [2.45, 2.75) is 24.9 Å². The molecule has 3 rings (SSSR count). The fraction of sp³-hybridized carbons (Fsp3) is 0.300. The SMILES string of the molecule is CN(CC(=O)NC1CC1)[C@@H](C(=O)Nc1ccc([N+](=O)[O-])cc1Cl)c1ccccc1. The third-order valence-corrected chi connectivity index (χ3v) is 4.87. The van der Waals surface area contributed by atoms with Crippen LogP contribution in [-0.2, 0) is 9.59 Å². The van der Waals surface area contributed by atoms with Gasteiger partial charge in [0.15, 0.2) is 0 Å². The number of rotatable bonds is 8. The maximum absolute atomic E-state index is 13.1. The van der Waals surface area contributed by atoms with Crippen LogP contribution in [0.25, 0.3) is 0 Å². The lowest BCUT2D eigenvalue weighted by molar-refractivity contribution is -0.384. The van der Waals surface area contributed by atoms with Gasteiger partial charge in [-0.2, -0.15) is 0 Å².